The summed E-state index contributed by atoms with van der Waals surface area (Å²) in [5.74, 6) is 0.703. The molecule has 0 unspecified atom stereocenters. The quantitative estimate of drug-likeness (QED) is 0.663. The number of hydrogen-bond acceptors (Lipinski definition) is 4. The van der Waals surface area contributed by atoms with E-state index in [-0.39, 0.29) is 5.78 Å². The Morgan fingerprint density at radius 1 is 1.25 bits per heavy atom. The molecule has 0 saturated carbocycles. The number of rotatable bonds is 3. The number of methoxy groups -OCH3 is 1. The van der Waals surface area contributed by atoms with Gasteiger partial charge in [0.1, 0.15) is 5.75 Å². The molecule has 3 nitrogen and oxygen atoms in total. The van der Waals surface area contributed by atoms with Gasteiger partial charge in [-0.2, -0.15) is 0 Å². The van der Waals surface area contributed by atoms with E-state index in [1.807, 2.05) is 30.3 Å². The minimum absolute atomic E-state index is 0.0635. The maximum atomic E-state index is 12.4. The van der Waals surface area contributed by atoms with Gasteiger partial charge in [-0.05, 0) is 30.3 Å². The zero-order chi connectivity index (χ0) is 14.1. The first kappa shape index (κ1) is 13.3. The number of carbonyl (C=O) groups is 1. The molecule has 5 heteroatoms. The van der Waals surface area contributed by atoms with E-state index in [1.165, 1.54) is 11.3 Å². The van der Waals surface area contributed by atoms with Crippen LogP contribution >= 0.6 is 27.3 Å². The Labute approximate surface area is 128 Å². The topological polar surface area (TPSA) is 39.2 Å². The van der Waals surface area contributed by atoms with Crippen LogP contribution in [0.3, 0.4) is 0 Å². The van der Waals surface area contributed by atoms with E-state index in [1.54, 1.807) is 19.2 Å². The molecule has 100 valence electrons. The predicted molar refractivity (Wildman–Crippen MR) is 83.7 cm³/mol. The first-order valence-corrected chi connectivity index (χ1v) is 7.53. The molecule has 0 aliphatic rings. The number of hydrogen-bond donors (Lipinski definition) is 0. The summed E-state index contributed by atoms with van der Waals surface area (Å²) in [6.45, 7) is 0. The summed E-state index contributed by atoms with van der Waals surface area (Å²) >= 11 is 4.75. The Bertz CT molecular complexity index is 797. The van der Waals surface area contributed by atoms with Crippen molar-refractivity contribution in [3.05, 3.63) is 57.5 Å². The van der Waals surface area contributed by atoms with Crippen molar-refractivity contribution in [3.63, 3.8) is 0 Å². The molecule has 2 aromatic carbocycles. The number of thiazole rings is 1. The Balaban J connectivity index is 2.03. The molecule has 0 fully saturated rings. The molecule has 20 heavy (non-hydrogen) atoms. The summed E-state index contributed by atoms with van der Waals surface area (Å²) in [5, 5.41) is 0.492. The van der Waals surface area contributed by atoms with Crippen LogP contribution in [0.25, 0.3) is 10.2 Å². The fourth-order valence-corrected chi connectivity index (χ4v) is 3.24. The standard InChI is InChI=1S/C15H10BrNO2S/c1-19-11-5-6-12-13(8-11)20-15(17-12)14(18)9-3-2-4-10(16)7-9/h2-8H,1H3. The molecule has 0 radical (unpaired) electrons. The largest absolute Gasteiger partial charge is 0.497 e. The number of halogens is 1. The molecule has 3 aromatic rings. The van der Waals surface area contributed by atoms with Crippen LogP contribution < -0.4 is 4.74 Å². The Morgan fingerprint density at radius 2 is 2.10 bits per heavy atom. The molecule has 0 saturated heterocycles. The van der Waals surface area contributed by atoms with Crippen LogP contribution in [0.5, 0.6) is 5.75 Å². The number of aromatic nitrogens is 1. The zero-order valence-corrected chi connectivity index (χ0v) is 13.0. The molecule has 0 aliphatic heterocycles. The number of benzene rings is 2. The van der Waals surface area contributed by atoms with Crippen LogP contribution in [0, 0.1) is 0 Å². The van der Waals surface area contributed by atoms with E-state index in [4.69, 9.17) is 4.74 Å². The normalized spacial score (nSPS) is 10.7. The molecule has 0 N–H and O–H groups in total. The first-order valence-electron chi connectivity index (χ1n) is 5.92. The second-order valence-electron chi connectivity index (χ2n) is 4.19. The van der Waals surface area contributed by atoms with Crippen molar-refractivity contribution in [2.75, 3.05) is 7.11 Å². The molecule has 0 atom stereocenters. The maximum Gasteiger partial charge on any atom is 0.221 e. The Kier molecular flexibility index (Phi) is 3.54. The number of ketones is 1. The second-order valence-corrected chi connectivity index (χ2v) is 6.14. The highest BCUT2D eigenvalue weighted by Gasteiger charge is 2.15. The zero-order valence-electron chi connectivity index (χ0n) is 10.6. The number of carbonyl (C=O) groups excluding carboxylic acids is 1. The van der Waals surface area contributed by atoms with Crippen molar-refractivity contribution in [2.45, 2.75) is 0 Å². The molecular weight excluding hydrogens is 338 g/mol. The lowest BCUT2D eigenvalue weighted by Gasteiger charge is -1.97. The van der Waals surface area contributed by atoms with Gasteiger partial charge in [-0.25, -0.2) is 4.98 Å². The van der Waals surface area contributed by atoms with Crippen molar-refractivity contribution >= 4 is 43.3 Å². The number of fused-ring (bicyclic) bond motifs is 1. The van der Waals surface area contributed by atoms with E-state index in [0.29, 0.717) is 10.6 Å². The Hall–Kier alpha value is -1.72. The first-order chi connectivity index (χ1) is 9.67. The maximum absolute atomic E-state index is 12.4. The lowest BCUT2D eigenvalue weighted by molar-refractivity contribution is 0.103. The van der Waals surface area contributed by atoms with Crippen molar-refractivity contribution in [3.8, 4) is 5.75 Å². The lowest BCUT2D eigenvalue weighted by Crippen LogP contribution is -1.99. The van der Waals surface area contributed by atoms with Gasteiger partial charge in [0.2, 0.25) is 5.78 Å². The fraction of sp³-hybridized carbons (Fsp3) is 0.0667. The second kappa shape index (κ2) is 5.34. The van der Waals surface area contributed by atoms with Gasteiger partial charge in [0.25, 0.3) is 0 Å². The van der Waals surface area contributed by atoms with Gasteiger partial charge in [0.15, 0.2) is 5.01 Å². The van der Waals surface area contributed by atoms with E-state index in [2.05, 4.69) is 20.9 Å². The molecule has 0 amide bonds. The van der Waals surface area contributed by atoms with Gasteiger partial charge >= 0.3 is 0 Å². The molecule has 0 spiro atoms. The Morgan fingerprint density at radius 3 is 2.85 bits per heavy atom. The van der Waals surface area contributed by atoms with Crippen LogP contribution in [-0.2, 0) is 0 Å². The summed E-state index contributed by atoms with van der Waals surface area (Å²) < 4.78 is 7.01. The minimum atomic E-state index is -0.0635. The predicted octanol–water partition coefficient (Wildman–Crippen LogP) is 4.30. The summed E-state index contributed by atoms with van der Waals surface area (Å²) in [5.41, 5.74) is 1.44. The summed E-state index contributed by atoms with van der Waals surface area (Å²) in [4.78, 5) is 16.8. The van der Waals surface area contributed by atoms with Crippen molar-refractivity contribution < 1.29 is 9.53 Å². The van der Waals surface area contributed by atoms with Crippen LogP contribution in [0.1, 0.15) is 15.4 Å². The highest BCUT2D eigenvalue weighted by Crippen LogP contribution is 2.28. The molecule has 3 rings (SSSR count). The van der Waals surface area contributed by atoms with E-state index in [9.17, 15) is 4.79 Å². The molecule has 1 heterocycles. The van der Waals surface area contributed by atoms with Crippen LogP contribution in [0.4, 0.5) is 0 Å². The smallest absolute Gasteiger partial charge is 0.221 e. The van der Waals surface area contributed by atoms with Crippen molar-refractivity contribution in [1.29, 1.82) is 0 Å². The molecule has 1 aromatic heterocycles. The van der Waals surface area contributed by atoms with E-state index < -0.39 is 0 Å². The third kappa shape index (κ3) is 2.46. The summed E-state index contributed by atoms with van der Waals surface area (Å²) in [6, 6.07) is 12.9. The lowest BCUT2D eigenvalue weighted by atomic mass is 10.1. The van der Waals surface area contributed by atoms with E-state index >= 15 is 0 Å². The minimum Gasteiger partial charge on any atom is -0.497 e. The highest BCUT2D eigenvalue weighted by molar-refractivity contribution is 9.10. The third-order valence-electron chi connectivity index (χ3n) is 2.88. The van der Waals surface area contributed by atoms with Gasteiger partial charge in [-0.15, -0.1) is 11.3 Å². The average molecular weight is 348 g/mol. The molecule has 0 bridgehead atoms. The van der Waals surface area contributed by atoms with Crippen molar-refractivity contribution in [1.82, 2.24) is 4.98 Å². The van der Waals surface area contributed by atoms with Gasteiger partial charge in [0, 0.05) is 10.0 Å². The third-order valence-corrected chi connectivity index (χ3v) is 4.39. The van der Waals surface area contributed by atoms with E-state index in [0.717, 1.165) is 20.4 Å². The SMILES string of the molecule is COc1ccc2nc(C(=O)c3cccc(Br)c3)sc2c1. The number of ether oxygens (including phenoxy) is 1. The highest BCUT2D eigenvalue weighted by atomic mass is 79.9. The fourth-order valence-electron chi connectivity index (χ4n) is 1.88. The molecular formula is C15H10BrNO2S. The van der Waals surface area contributed by atoms with Gasteiger partial charge in [0.05, 0.1) is 17.3 Å². The van der Waals surface area contributed by atoms with Crippen LogP contribution in [-0.4, -0.2) is 17.9 Å². The average Bonchev–Trinajstić information content (AvgIpc) is 2.89. The van der Waals surface area contributed by atoms with Crippen LogP contribution in [0.15, 0.2) is 46.9 Å². The van der Waals surface area contributed by atoms with Gasteiger partial charge in [-0.3, -0.25) is 4.79 Å². The summed E-state index contributed by atoms with van der Waals surface area (Å²) in [7, 11) is 1.62. The number of nitrogens with zero attached hydrogens (tertiary/aromatic N) is 1. The molecule has 0 aliphatic carbocycles. The monoisotopic (exact) mass is 347 g/mol. The van der Waals surface area contributed by atoms with Crippen LogP contribution in [0.2, 0.25) is 0 Å². The van der Waals surface area contributed by atoms with Gasteiger partial charge in [-0.1, -0.05) is 28.1 Å². The van der Waals surface area contributed by atoms with Crippen molar-refractivity contribution in [2.24, 2.45) is 0 Å². The summed E-state index contributed by atoms with van der Waals surface area (Å²) in [6.07, 6.45) is 0. The van der Waals surface area contributed by atoms with Gasteiger partial charge < -0.3 is 4.74 Å².